The zero-order chi connectivity index (χ0) is 6.57. The van der Waals surface area contributed by atoms with Crippen LogP contribution in [0.2, 0.25) is 18.6 Å². The fourth-order valence-corrected chi connectivity index (χ4v) is 8.70. The van der Waals surface area contributed by atoms with Crippen LogP contribution in [0.25, 0.3) is 0 Å². The maximum Gasteiger partial charge on any atom is 0.0331 e. The third-order valence-corrected chi connectivity index (χ3v) is 12.6. The molecular formula is C5H13Si3. The lowest BCUT2D eigenvalue weighted by atomic mass is 11.0. The Morgan fingerprint density at radius 3 is 1.62 bits per heavy atom. The lowest BCUT2D eigenvalue weighted by Crippen LogP contribution is -2.31. The van der Waals surface area contributed by atoms with E-state index in [1.807, 2.05) is 0 Å². The van der Waals surface area contributed by atoms with Gasteiger partial charge in [0.1, 0.15) is 0 Å². The molecule has 0 nitrogen and oxygen atoms in total. The minimum absolute atomic E-state index is 0.0674. The summed E-state index contributed by atoms with van der Waals surface area (Å²) in [6, 6.07) is 2.88. The third-order valence-electron chi connectivity index (χ3n) is 1.38. The average molecular weight is 157 g/mol. The molecule has 0 heterocycles. The molecule has 0 aromatic rings. The van der Waals surface area contributed by atoms with Gasteiger partial charge in [-0.3, -0.25) is 0 Å². The van der Waals surface area contributed by atoms with Crippen molar-refractivity contribution in [3.8, 4) is 0 Å². The normalized spacial score (nSPS) is 11.2. The highest BCUT2D eigenvalue weighted by Gasteiger charge is 2.10. The second-order valence-electron chi connectivity index (χ2n) is 1.94. The summed E-state index contributed by atoms with van der Waals surface area (Å²) < 4.78 is 0. The van der Waals surface area contributed by atoms with Crippen LogP contribution in [0.15, 0.2) is 0 Å². The highest BCUT2D eigenvalue weighted by molar-refractivity contribution is 7.40. The van der Waals surface area contributed by atoms with E-state index in [-0.39, 0.29) is 16.1 Å². The van der Waals surface area contributed by atoms with Crippen molar-refractivity contribution in [2.24, 2.45) is 0 Å². The van der Waals surface area contributed by atoms with E-state index in [1.54, 1.807) is 0 Å². The molecule has 0 aromatic carbocycles. The molecular weight excluding hydrogens is 144 g/mol. The molecule has 0 bridgehead atoms. The van der Waals surface area contributed by atoms with Crippen molar-refractivity contribution in [1.82, 2.24) is 0 Å². The maximum atomic E-state index is 3.75. The van der Waals surface area contributed by atoms with E-state index < -0.39 is 0 Å². The van der Waals surface area contributed by atoms with Gasteiger partial charge in [0.05, 0.1) is 0 Å². The average Bonchev–Trinajstić information content (AvgIpc) is 1.69. The Bertz CT molecular complexity index is 49.6. The molecule has 0 saturated heterocycles. The van der Waals surface area contributed by atoms with E-state index in [1.165, 1.54) is 12.1 Å². The maximum absolute atomic E-state index is 3.75. The zero-order valence-corrected chi connectivity index (χ0v) is 8.91. The number of hydrogen-bond donors (Lipinski definition) is 0. The van der Waals surface area contributed by atoms with Crippen molar-refractivity contribution in [2.45, 2.75) is 32.5 Å². The van der Waals surface area contributed by atoms with E-state index in [9.17, 15) is 0 Å². The van der Waals surface area contributed by atoms with Crippen LogP contribution < -0.4 is 0 Å². The van der Waals surface area contributed by atoms with Crippen molar-refractivity contribution < 1.29 is 0 Å². The quantitative estimate of drug-likeness (QED) is 0.543. The topological polar surface area (TPSA) is 0 Å². The molecule has 0 N–H and O–H groups in total. The van der Waals surface area contributed by atoms with Gasteiger partial charge in [-0.05, 0) is 0 Å². The van der Waals surface area contributed by atoms with Gasteiger partial charge in [-0.2, -0.15) is 0 Å². The van der Waals surface area contributed by atoms with Crippen LogP contribution in [-0.2, 0) is 0 Å². The van der Waals surface area contributed by atoms with Crippen molar-refractivity contribution in [3.05, 3.63) is 0 Å². The Morgan fingerprint density at radius 2 is 1.62 bits per heavy atom. The Labute approximate surface area is 58.9 Å². The summed E-state index contributed by atoms with van der Waals surface area (Å²) in [6.07, 6.45) is 0. The molecule has 0 saturated carbocycles. The minimum atomic E-state index is -0.0674. The van der Waals surface area contributed by atoms with Crippen LogP contribution in [0.4, 0.5) is 0 Å². The second-order valence-corrected chi connectivity index (χ2v) is 13.9. The minimum Gasteiger partial charge on any atom is -0.0759 e. The van der Waals surface area contributed by atoms with E-state index in [0.717, 1.165) is 0 Å². The molecule has 5 radical (unpaired) electrons. The molecule has 0 spiro atoms. The molecule has 0 aliphatic carbocycles. The first-order valence-corrected chi connectivity index (χ1v) is 9.54. The van der Waals surface area contributed by atoms with E-state index in [0.29, 0.717) is 0 Å². The largest absolute Gasteiger partial charge is 0.0759 e. The molecule has 0 amide bonds. The summed E-state index contributed by atoms with van der Waals surface area (Å²) in [7, 11) is 3.76. The van der Waals surface area contributed by atoms with Crippen LogP contribution in [0.1, 0.15) is 13.8 Å². The highest BCUT2D eigenvalue weighted by Crippen LogP contribution is 1.99. The van der Waals surface area contributed by atoms with Gasteiger partial charge < -0.3 is 0 Å². The Kier molecular flexibility index (Phi) is 4.89. The zero-order valence-electron chi connectivity index (χ0n) is 5.91. The number of hydrogen-bond acceptors (Lipinski definition) is 0. The Morgan fingerprint density at radius 1 is 1.25 bits per heavy atom. The van der Waals surface area contributed by atoms with Crippen LogP contribution in [0.5, 0.6) is 0 Å². The summed E-state index contributed by atoms with van der Waals surface area (Å²) in [5.41, 5.74) is 0. The van der Waals surface area contributed by atoms with Gasteiger partial charge in [0, 0.05) is 25.9 Å². The summed E-state index contributed by atoms with van der Waals surface area (Å²) in [4.78, 5) is 0. The fourth-order valence-electron chi connectivity index (χ4n) is 0.780. The monoisotopic (exact) mass is 157 g/mol. The molecule has 0 fully saturated rings. The number of rotatable bonds is 3. The van der Waals surface area contributed by atoms with Gasteiger partial charge in [0.2, 0.25) is 0 Å². The van der Waals surface area contributed by atoms with Crippen LogP contribution in [-0.4, -0.2) is 25.9 Å². The van der Waals surface area contributed by atoms with Crippen molar-refractivity contribution in [1.29, 1.82) is 0 Å². The summed E-state index contributed by atoms with van der Waals surface area (Å²) in [5.74, 6) is 0. The predicted molar refractivity (Wildman–Crippen MR) is 44.1 cm³/mol. The first kappa shape index (κ1) is 8.65. The van der Waals surface area contributed by atoms with Gasteiger partial charge >= 0.3 is 0 Å². The smallest absolute Gasteiger partial charge is 0.0331 e. The summed E-state index contributed by atoms with van der Waals surface area (Å²) in [5, 5.41) is 0. The van der Waals surface area contributed by atoms with E-state index >= 15 is 0 Å². The standard InChI is InChI=1S/C5H13Si3/c1-4-8(5-2)7(3)6/h4-5H2,1-3H3. The van der Waals surface area contributed by atoms with Crippen LogP contribution in [0, 0.1) is 0 Å². The van der Waals surface area contributed by atoms with Gasteiger partial charge in [0.15, 0.2) is 0 Å². The molecule has 0 aliphatic heterocycles. The Hall–Kier alpha value is 0.651. The van der Waals surface area contributed by atoms with E-state index in [2.05, 4.69) is 30.2 Å². The molecule has 0 unspecified atom stereocenters. The fraction of sp³-hybridized carbons (Fsp3) is 1.00. The van der Waals surface area contributed by atoms with Crippen molar-refractivity contribution >= 4 is 25.9 Å². The van der Waals surface area contributed by atoms with Crippen LogP contribution in [0.3, 0.4) is 0 Å². The van der Waals surface area contributed by atoms with E-state index in [4.69, 9.17) is 0 Å². The van der Waals surface area contributed by atoms with Gasteiger partial charge in [-0.1, -0.05) is 32.5 Å². The van der Waals surface area contributed by atoms with Crippen molar-refractivity contribution in [2.75, 3.05) is 0 Å². The Balaban J connectivity index is 3.35. The first-order chi connectivity index (χ1) is 3.72. The molecule has 0 aromatic heterocycles. The van der Waals surface area contributed by atoms with Crippen LogP contribution >= 0.6 is 0 Å². The first-order valence-electron chi connectivity index (χ1n) is 3.12. The lowest BCUT2D eigenvalue weighted by Gasteiger charge is -2.11. The molecule has 0 atom stereocenters. The predicted octanol–water partition coefficient (Wildman–Crippen LogP) is 1.39. The molecule has 3 heteroatoms. The second kappa shape index (κ2) is 4.52. The highest BCUT2D eigenvalue weighted by atomic mass is 29.6. The SMILES string of the molecule is CC[Si](CC)[Si](C)[Si]. The summed E-state index contributed by atoms with van der Waals surface area (Å²) in [6.45, 7) is 6.99. The summed E-state index contributed by atoms with van der Waals surface area (Å²) >= 11 is 0. The molecule has 45 valence electrons. The lowest BCUT2D eigenvalue weighted by molar-refractivity contribution is 1.34. The van der Waals surface area contributed by atoms with Crippen molar-refractivity contribution in [3.63, 3.8) is 0 Å². The van der Waals surface area contributed by atoms with Gasteiger partial charge in [0.25, 0.3) is 0 Å². The molecule has 8 heavy (non-hydrogen) atoms. The molecule has 0 aliphatic rings. The third kappa shape index (κ3) is 2.84. The molecule has 0 rings (SSSR count). The van der Waals surface area contributed by atoms with Gasteiger partial charge in [-0.25, -0.2) is 0 Å². The van der Waals surface area contributed by atoms with Gasteiger partial charge in [-0.15, -0.1) is 0 Å².